The molecule has 1 unspecified atom stereocenters. The first-order chi connectivity index (χ1) is 7.83. The van der Waals surface area contributed by atoms with E-state index in [0.29, 0.717) is 26.4 Å². The highest BCUT2D eigenvalue weighted by Gasteiger charge is 2.13. The third kappa shape index (κ3) is 6.40. The molecule has 1 fully saturated rings. The number of hydrogen-bond donors (Lipinski definition) is 2. The summed E-state index contributed by atoms with van der Waals surface area (Å²) in [6.07, 6.45) is 0.511. The minimum absolute atomic E-state index is 0.374. The number of hydrogen-bond acceptors (Lipinski definition) is 5. The monoisotopic (exact) mass is 232 g/mol. The van der Waals surface area contributed by atoms with Crippen LogP contribution >= 0.6 is 0 Å². The van der Waals surface area contributed by atoms with Crippen molar-refractivity contribution in [2.45, 2.75) is 12.5 Å². The molecule has 0 saturated carbocycles. The average molecular weight is 232 g/mol. The summed E-state index contributed by atoms with van der Waals surface area (Å²) in [5.41, 5.74) is 0. The van der Waals surface area contributed by atoms with Crippen LogP contribution in [0.2, 0.25) is 0 Å². The predicted molar refractivity (Wildman–Crippen MR) is 62.6 cm³/mol. The second-order valence-corrected chi connectivity index (χ2v) is 4.13. The van der Waals surface area contributed by atoms with Crippen LogP contribution in [0.25, 0.3) is 0 Å². The quantitative estimate of drug-likeness (QED) is 0.542. The van der Waals surface area contributed by atoms with Crippen LogP contribution in [0.1, 0.15) is 6.42 Å². The summed E-state index contributed by atoms with van der Waals surface area (Å²) in [6.45, 7) is 6.57. The Morgan fingerprint density at radius 1 is 1.31 bits per heavy atom. The molecule has 1 atom stereocenters. The first-order valence-electron chi connectivity index (χ1n) is 6.00. The van der Waals surface area contributed by atoms with E-state index in [1.54, 1.807) is 7.11 Å². The molecule has 1 aliphatic rings. The lowest BCUT2D eigenvalue weighted by atomic mass is 10.3. The van der Waals surface area contributed by atoms with Crippen LogP contribution in [0, 0.1) is 0 Å². The van der Waals surface area contributed by atoms with Gasteiger partial charge in [-0.15, -0.1) is 0 Å². The summed E-state index contributed by atoms with van der Waals surface area (Å²) in [5.74, 6) is 0. The average Bonchev–Trinajstić information content (AvgIpc) is 2.30. The van der Waals surface area contributed by atoms with Crippen molar-refractivity contribution in [3.8, 4) is 0 Å². The van der Waals surface area contributed by atoms with Gasteiger partial charge >= 0.3 is 0 Å². The Labute approximate surface area is 97.7 Å². The molecule has 1 saturated heterocycles. The number of piperazine rings is 1. The van der Waals surface area contributed by atoms with E-state index in [4.69, 9.17) is 9.47 Å². The van der Waals surface area contributed by atoms with E-state index in [9.17, 15) is 5.11 Å². The Hall–Kier alpha value is -0.200. The van der Waals surface area contributed by atoms with Crippen molar-refractivity contribution in [2.24, 2.45) is 0 Å². The van der Waals surface area contributed by atoms with Crippen molar-refractivity contribution < 1.29 is 14.6 Å². The van der Waals surface area contributed by atoms with Crippen LogP contribution in [-0.4, -0.2) is 75.8 Å². The molecular formula is C11H24N2O3. The van der Waals surface area contributed by atoms with Gasteiger partial charge in [-0.3, -0.25) is 4.90 Å². The van der Waals surface area contributed by atoms with Gasteiger partial charge in [-0.25, -0.2) is 0 Å². The Morgan fingerprint density at radius 2 is 2.06 bits per heavy atom. The van der Waals surface area contributed by atoms with Crippen molar-refractivity contribution in [2.75, 3.05) is 59.7 Å². The van der Waals surface area contributed by atoms with E-state index in [1.165, 1.54) is 0 Å². The topological polar surface area (TPSA) is 54.0 Å². The Morgan fingerprint density at radius 3 is 2.75 bits per heavy atom. The van der Waals surface area contributed by atoms with E-state index >= 15 is 0 Å². The van der Waals surface area contributed by atoms with Crippen molar-refractivity contribution in [3.63, 3.8) is 0 Å². The van der Waals surface area contributed by atoms with E-state index in [2.05, 4.69) is 10.2 Å². The first kappa shape index (κ1) is 13.9. The number of nitrogens with zero attached hydrogens (tertiary/aromatic N) is 1. The normalized spacial score (nSPS) is 19.9. The summed E-state index contributed by atoms with van der Waals surface area (Å²) in [6, 6.07) is 0. The van der Waals surface area contributed by atoms with Crippen LogP contribution in [0.4, 0.5) is 0 Å². The lowest BCUT2D eigenvalue weighted by Crippen LogP contribution is -2.47. The highest BCUT2D eigenvalue weighted by Crippen LogP contribution is 1.96. The highest BCUT2D eigenvalue weighted by molar-refractivity contribution is 4.70. The van der Waals surface area contributed by atoms with E-state index in [0.717, 1.165) is 32.6 Å². The van der Waals surface area contributed by atoms with Crippen molar-refractivity contribution in [1.29, 1.82) is 0 Å². The predicted octanol–water partition coefficient (Wildman–Crippen LogP) is -0.694. The zero-order chi connectivity index (χ0) is 11.6. The largest absolute Gasteiger partial charge is 0.389 e. The molecule has 0 aliphatic carbocycles. The number of aliphatic hydroxyl groups is 1. The van der Waals surface area contributed by atoms with E-state index in [-0.39, 0.29) is 6.10 Å². The summed E-state index contributed by atoms with van der Waals surface area (Å²) < 4.78 is 10.3. The molecule has 1 rings (SSSR count). The van der Waals surface area contributed by atoms with Crippen molar-refractivity contribution in [3.05, 3.63) is 0 Å². The molecule has 0 amide bonds. The van der Waals surface area contributed by atoms with Gasteiger partial charge in [0.25, 0.3) is 0 Å². The van der Waals surface area contributed by atoms with Gasteiger partial charge < -0.3 is 19.9 Å². The van der Waals surface area contributed by atoms with Crippen molar-refractivity contribution in [1.82, 2.24) is 10.2 Å². The third-order valence-electron chi connectivity index (χ3n) is 2.63. The number of rotatable bonds is 8. The van der Waals surface area contributed by atoms with Gasteiger partial charge in [-0.2, -0.15) is 0 Å². The van der Waals surface area contributed by atoms with Gasteiger partial charge in [0.15, 0.2) is 0 Å². The molecule has 2 N–H and O–H groups in total. The smallest absolute Gasteiger partial charge is 0.0900 e. The highest BCUT2D eigenvalue weighted by atomic mass is 16.5. The minimum Gasteiger partial charge on any atom is -0.389 e. The minimum atomic E-state index is -0.374. The van der Waals surface area contributed by atoms with E-state index in [1.807, 2.05) is 0 Å². The molecule has 1 aliphatic heterocycles. The maximum atomic E-state index is 9.74. The lowest BCUT2D eigenvalue weighted by Gasteiger charge is -2.28. The fourth-order valence-corrected chi connectivity index (χ4v) is 1.77. The van der Waals surface area contributed by atoms with Crippen LogP contribution in [0.5, 0.6) is 0 Å². The molecule has 5 heteroatoms. The van der Waals surface area contributed by atoms with Gasteiger partial charge in [-0.1, -0.05) is 0 Å². The number of ether oxygens (including phenoxy) is 2. The molecule has 96 valence electrons. The van der Waals surface area contributed by atoms with Crippen LogP contribution in [0.15, 0.2) is 0 Å². The van der Waals surface area contributed by atoms with Crippen LogP contribution < -0.4 is 5.32 Å². The number of methoxy groups -OCH3 is 1. The Balaban J connectivity index is 1.95. The molecule has 0 aromatic rings. The Kier molecular flexibility index (Phi) is 7.71. The fourth-order valence-electron chi connectivity index (χ4n) is 1.77. The fraction of sp³-hybridized carbons (Fsp3) is 1.00. The molecule has 5 nitrogen and oxygen atoms in total. The van der Waals surface area contributed by atoms with Gasteiger partial charge in [0.05, 0.1) is 12.7 Å². The van der Waals surface area contributed by atoms with E-state index < -0.39 is 0 Å². The lowest BCUT2D eigenvalue weighted by molar-refractivity contribution is 0.00941. The summed E-state index contributed by atoms with van der Waals surface area (Å²) in [4.78, 5) is 2.26. The molecule has 0 bridgehead atoms. The van der Waals surface area contributed by atoms with Gasteiger partial charge in [0, 0.05) is 53.0 Å². The first-order valence-corrected chi connectivity index (χ1v) is 6.00. The number of β-amino-alcohol motifs (C(OH)–C–C–N with tert-alkyl or cyclic N) is 1. The van der Waals surface area contributed by atoms with Crippen molar-refractivity contribution >= 4 is 0 Å². The summed E-state index contributed by atoms with van der Waals surface area (Å²) in [5, 5.41) is 13.0. The standard InChI is InChI=1S/C11H24N2O3/c1-15-7-2-8-16-10-11(14)9-13-5-3-12-4-6-13/h11-12,14H,2-10H2,1H3. The third-order valence-corrected chi connectivity index (χ3v) is 2.63. The second-order valence-electron chi connectivity index (χ2n) is 4.13. The molecule has 0 aromatic carbocycles. The molecule has 0 aromatic heterocycles. The maximum Gasteiger partial charge on any atom is 0.0900 e. The zero-order valence-electron chi connectivity index (χ0n) is 10.2. The molecule has 0 spiro atoms. The second kappa shape index (κ2) is 8.90. The van der Waals surface area contributed by atoms with Gasteiger partial charge in [0.1, 0.15) is 0 Å². The molecular weight excluding hydrogens is 208 g/mol. The molecule has 1 heterocycles. The SMILES string of the molecule is COCCCOCC(O)CN1CCNCC1. The zero-order valence-corrected chi connectivity index (χ0v) is 10.2. The number of nitrogens with one attached hydrogen (secondary N) is 1. The van der Waals surface area contributed by atoms with Gasteiger partial charge in [0.2, 0.25) is 0 Å². The molecule has 16 heavy (non-hydrogen) atoms. The van der Waals surface area contributed by atoms with Crippen LogP contribution in [-0.2, 0) is 9.47 Å². The maximum absolute atomic E-state index is 9.74. The number of aliphatic hydroxyl groups excluding tert-OH is 1. The van der Waals surface area contributed by atoms with Crippen LogP contribution in [0.3, 0.4) is 0 Å². The summed E-state index contributed by atoms with van der Waals surface area (Å²) >= 11 is 0. The van der Waals surface area contributed by atoms with Gasteiger partial charge in [-0.05, 0) is 6.42 Å². The Bertz CT molecular complexity index is 163. The summed E-state index contributed by atoms with van der Waals surface area (Å²) in [7, 11) is 1.68. The molecule has 0 radical (unpaired) electrons.